The minimum absolute atomic E-state index is 0.577. The van der Waals surface area contributed by atoms with Gasteiger partial charge in [-0.25, -0.2) is 4.98 Å². The number of benzene rings is 2. The standard InChI is InChI=1S/C19H21N5/c1-23(2)16-11-9-15(10-12-16)21-19-20-14-13-18(22-19)24(3)17-7-5-4-6-8-17/h4-14H,1-3H3,(H,20,21,22). The number of aromatic nitrogens is 2. The summed E-state index contributed by atoms with van der Waals surface area (Å²) in [6.07, 6.45) is 1.76. The van der Waals surface area contributed by atoms with Crippen LogP contribution in [0.3, 0.4) is 0 Å². The molecule has 0 spiro atoms. The van der Waals surface area contributed by atoms with Gasteiger partial charge in [-0.3, -0.25) is 0 Å². The number of anilines is 5. The Labute approximate surface area is 142 Å². The van der Waals surface area contributed by atoms with Crippen molar-refractivity contribution in [3.05, 3.63) is 66.9 Å². The maximum atomic E-state index is 4.60. The lowest BCUT2D eigenvalue weighted by Crippen LogP contribution is -2.12. The van der Waals surface area contributed by atoms with Crippen LogP contribution in [0.4, 0.5) is 28.8 Å². The van der Waals surface area contributed by atoms with E-state index < -0.39 is 0 Å². The molecule has 0 unspecified atom stereocenters. The smallest absolute Gasteiger partial charge is 0.229 e. The minimum Gasteiger partial charge on any atom is -0.378 e. The first-order chi connectivity index (χ1) is 11.6. The average molecular weight is 319 g/mol. The molecule has 1 aromatic heterocycles. The zero-order valence-electron chi connectivity index (χ0n) is 14.1. The molecule has 2 aromatic carbocycles. The summed E-state index contributed by atoms with van der Waals surface area (Å²) in [6, 6.07) is 20.2. The Bertz CT molecular complexity index is 784. The van der Waals surface area contributed by atoms with Crippen LogP contribution in [-0.2, 0) is 0 Å². The van der Waals surface area contributed by atoms with Crippen molar-refractivity contribution in [2.75, 3.05) is 36.3 Å². The maximum Gasteiger partial charge on any atom is 0.229 e. The quantitative estimate of drug-likeness (QED) is 0.768. The number of hydrogen-bond donors (Lipinski definition) is 1. The second-order valence-electron chi connectivity index (χ2n) is 5.70. The van der Waals surface area contributed by atoms with Crippen LogP contribution in [0.1, 0.15) is 0 Å². The van der Waals surface area contributed by atoms with E-state index in [1.165, 1.54) is 0 Å². The first kappa shape index (κ1) is 15.8. The highest BCUT2D eigenvalue weighted by molar-refractivity contribution is 5.62. The number of hydrogen-bond acceptors (Lipinski definition) is 5. The number of nitrogens with zero attached hydrogens (tertiary/aromatic N) is 4. The molecule has 0 amide bonds. The third-order valence-electron chi connectivity index (χ3n) is 3.77. The molecule has 0 bridgehead atoms. The molecule has 3 rings (SSSR count). The van der Waals surface area contributed by atoms with Crippen molar-refractivity contribution in [2.24, 2.45) is 0 Å². The number of para-hydroxylation sites is 1. The molecule has 5 nitrogen and oxygen atoms in total. The molecule has 5 heteroatoms. The Kier molecular flexibility index (Phi) is 4.61. The molecule has 0 saturated heterocycles. The normalized spacial score (nSPS) is 10.3. The van der Waals surface area contributed by atoms with E-state index >= 15 is 0 Å². The van der Waals surface area contributed by atoms with Crippen molar-refractivity contribution in [1.29, 1.82) is 0 Å². The highest BCUT2D eigenvalue weighted by atomic mass is 15.2. The van der Waals surface area contributed by atoms with Crippen LogP contribution in [0, 0.1) is 0 Å². The van der Waals surface area contributed by atoms with Crippen LogP contribution in [0.15, 0.2) is 66.9 Å². The largest absolute Gasteiger partial charge is 0.378 e. The predicted octanol–water partition coefficient (Wildman–Crippen LogP) is 4.05. The summed E-state index contributed by atoms with van der Waals surface area (Å²) in [7, 11) is 6.04. The summed E-state index contributed by atoms with van der Waals surface area (Å²) in [5.74, 6) is 1.41. The van der Waals surface area contributed by atoms with E-state index in [0.29, 0.717) is 5.95 Å². The van der Waals surface area contributed by atoms with Crippen LogP contribution in [-0.4, -0.2) is 31.1 Å². The molecule has 122 valence electrons. The zero-order chi connectivity index (χ0) is 16.9. The molecule has 0 aliphatic carbocycles. The van der Waals surface area contributed by atoms with Gasteiger partial charge in [0.2, 0.25) is 5.95 Å². The van der Waals surface area contributed by atoms with Crippen LogP contribution in [0.2, 0.25) is 0 Å². The third kappa shape index (κ3) is 3.63. The molecular formula is C19H21N5. The van der Waals surface area contributed by atoms with E-state index in [-0.39, 0.29) is 0 Å². The van der Waals surface area contributed by atoms with E-state index in [1.54, 1.807) is 6.20 Å². The molecule has 0 aliphatic heterocycles. The highest BCUT2D eigenvalue weighted by Gasteiger charge is 2.07. The monoisotopic (exact) mass is 319 g/mol. The SMILES string of the molecule is CN(C)c1ccc(Nc2nccc(N(C)c3ccccc3)n2)cc1. The first-order valence-corrected chi connectivity index (χ1v) is 7.80. The fourth-order valence-electron chi connectivity index (χ4n) is 2.35. The molecule has 1 heterocycles. The molecule has 1 N–H and O–H groups in total. The van der Waals surface area contributed by atoms with Crippen molar-refractivity contribution in [3.63, 3.8) is 0 Å². The van der Waals surface area contributed by atoms with Crippen molar-refractivity contribution in [2.45, 2.75) is 0 Å². The van der Waals surface area contributed by atoms with E-state index in [1.807, 2.05) is 62.4 Å². The summed E-state index contributed by atoms with van der Waals surface area (Å²) >= 11 is 0. The van der Waals surface area contributed by atoms with Crippen molar-refractivity contribution in [3.8, 4) is 0 Å². The second kappa shape index (κ2) is 7.00. The van der Waals surface area contributed by atoms with Crippen molar-refractivity contribution >= 4 is 28.8 Å². The predicted molar refractivity (Wildman–Crippen MR) is 101 cm³/mol. The van der Waals surface area contributed by atoms with E-state index in [9.17, 15) is 0 Å². The maximum absolute atomic E-state index is 4.60. The molecule has 0 radical (unpaired) electrons. The Hall–Kier alpha value is -3.08. The van der Waals surface area contributed by atoms with E-state index in [0.717, 1.165) is 22.9 Å². The lowest BCUT2D eigenvalue weighted by molar-refractivity contribution is 1.08. The lowest BCUT2D eigenvalue weighted by Gasteiger charge is -2.18. The summed E-state index contributed by atoms with van der Waals surface area (Å²) < 4.78 is 0. The van der Waals surface area contributed by atoms with Gasteiger partial charge >= 0.3 is 0 Å². The van der Waals surface area contributed by atoms with Gasteiger partial charge in [-0.15, -0.1) is 0 Å². The Balaban J connectivity index is 1.78. The van der Waals surface area contributed by atoms with Gasteiger partial charge in [0.25, 0.3) is 0 Å². The molecule has 24 heavy (non-hydrogen) atoms. The molecule has 0 saturated carbocycles. The fraction of sp³-hybridized carbons (Fsp3) is 0.158. The molecule has 0 aliphatic rings. The number of rotatable bonds is 5. The Morgan fingerprint density at radius 2 is 1.50 bits per heavy atom. The van der Waals surface area contributed by atoms with Crippen LogP contribution in [0.25, 0.3) is 0 Å². The molecule has 0 atom stereocenters. The van der Waals surface area contributed by atoms with Crippen molar-refractivity contribution < 1.29 is 0 Å². The van der Waals surface area contributed by atoms with Gasteiger partial charge in [0.15, 0.2) is 0 Å². The van der Waals surface area contributed by atoms with Gasteiger partial charge in [0.1, 0.15) is 5.82 Å². The van der Waals surface area contributed by atoms with E-state index in [4.69, 9.17) is 0 Å². The average Bonchev–Trinajstić information content (AvgIpc) is 2.62. The Morgan fingerprint density at radius 1 is 0.792 bits per heavy atom. The summed E-state index contributed by atoms with van der Waals surface area (Å²) in [5.41, 5.74) is 3.19. The minimum atomic E-state index is 0.577. The second-order valence-corrected chi connectivity index (χ2v) is 5.70. The lowest BCUT2D eigenvalue weighted by atomic mass is 10.2. The third-order valence-corrected chi connectivity index (χ3v) is 3.77. The van der Waals surface area contributed by atoms with Gasteiger partial charge in [-0.1, -0.05) is 18.2 Å². The number of nitrogens with one attached hydrogen (secondary N) is 1. The van der Waals surface area contributed by atoms with Gasteiger partial charge in [0.05, 0.1) is 0 Å². The van der Waals surface area contributed by atoms with Gasteiger partial charge in [-0.2, -0.15) is 4.98 Å². The first-order valence-electron chi connectivity index (χ1n) is 7.80. The van der Waals surface area contributed by atoms with Gasteiger partial charge < -0.3 is 15.1 Å². The van der Waals surface area contributed by atoms with Gasteiger partial charge in [-0.05, 0) is 42.5 Å². The molecule has 3 aromatic rings. The molecule has 0 fully saturated rings. The van der Waals surface area contributed by atoms with E-state index in [2.05, 4.69) is 44.5 Å². The topological polar surface area (TPSA) is 44.3 Å². The van der Waals surface area contributed by atoms with Crippen LogP contribution < -0.4 is 15.1 Å². The molecular weight excluding hydrogens is 298 g/mol. The highest BCUT2D eigenvalue weighted by Crippen LogP contribution is 2.23. The van der Waals surface area contributed by atoms with Gasteiger partial charge in [0, 0.05) is 44.4 Å². The fourth-order valence-corrected chi connectivity index (χ4v) is 2.35. The summed E-state index contributed by atoms with van der Waals surface area (Å²) in [6.45, 7) is 0. The van der Waals surface area contributed by atoms with Crippen LogP contribution >= 0.6 is 0 Å². The Morgan fingerprint density at radius 3 is 2.17 bits per heavy atom. The van der Waals surface area contributed by atoms with Crippen LogP contribution in [0.5, 0.6) is 0 Å². The summed E-state index contributed by atoms with van der Waals surface area (Å²) in [4.78, 5) is 13.0. The zero-order valence-corrected chi connectivity index (χ0v) is 14.1. The van der Waals surface area contributed by atoms with Crippen molar-refractivity contribution in [1.82, 2.24) is 9.97 Å². The summed E-state index contributed by atoms with van der Waals surface area (Å²) in [5, 5.41) is 3.25.